The monoisotopic (exact) mass is 432 g/mol. The van der Waals surface area contributed by atoms with Crippen molar-refractivity contribution in [3.8, 4) is 11.6 Å². The van der Waals surface area contributed by atoms with Crippen molar-refractivity contribution in [3.63, 3.8) is 0 Å². The summed E-state index contributed by atoms with van der Waals surface area (Å²) in [4.78, 5) is 17.3. The van der Waals surface area contributed by atoms with Crippen LogP contribution in [-0.4, -0.2) is 27.8 Å². The van der Waals surface area contributed by atoms with Crippen LogP contribution in [0.3, 0.4) is 0 Å². The number of ether oxygens (including phenoxy) is 1. The number of carbonyl (C=O) groups excluding carboxylic acids is 1. The fourth-order valence-electron chi connectivity index (χ4n) is 3.92. The van der Waals surface area contributed by atoms with Crippen molar-refractivity contribution in [3.05, 3.63) is 76.7 Å². The highest BCUT2D eigenvalue weighted by Gasteiger charge is 2.20. The van der Waals surface area contributed by atoms with Gasteiger partial charge in [-0.05, 0) is 62.6 Å². The largest absolute Gasteiger partial charge is 0.481 e. The standard InChI is InChI=1S/C25H25FN4O2/c1-15-10-11-18(26)14-21(15)27-22(31)13-12-20-16(2)23-17(3)29-30(19-8-6-5-7-9-19)24(23)28-25(20)32-4/h5-11,14H,12-13H2,1-4H3,(H,27,31). The van der Waals surface area contributed by atoms with Crippen molar-refractivity contribution in [2.75, 3.05) is 12.4 Å². The molecule has 4 rings (SSSR count). The number of aromatic nitrogens is 3. The average Bonchev–Trinajstić information content (AvgIpc) is 3.12. The number of methoxy groups -OCH3 is 1. The molecule has 0 atom stereocenters. The first-order valence-electron chi connectivity index (χ1n) is 10.4. The Balaban J connectivity index is 1.64. The first-order chi connectivity index (χ1) is 15.4. The van der Waals surface area contributed by atoms with Crippen molar-refractivity contribution in [1.29, 1.82) is 0 Å². The molecule has 4 aromatic rings. The van der Waals surface area contributed by atoms with Gasteiger partial charge < -0.3 is 10.1 Å². The predicted molar refractivity (Wildman–Crippen MR) is 123 cm³/mol. The maximum atomic E-state index is 13.5. The second-order valence-corrected chi connectivity index (χ2v) is 7.76. The number of carbonyl (C=O) groups is 1. The van der Waals surface area contributed by atoms with Crippen LogP contribution in [0, 0.1) is 26.6 Å². The van der Waals surface area contributed by atoms with E-state index in [2.05, 4.69) is 5.32 Å². The number of aryl methyl sites for hydroxylation is 3. The molecule has 0 bridgehead atoms. The van der Waals surface area contributed by atoms with E-state index in [1.807, 2.05) is 55.8 Å². The number of fused-ring (bicyclic) bond motifs is 1. The Morgan fingerprint density at radius 1 is 1.12 bits per heavy atom. The zero-order chi connectivity index (χ0) is 22.8. The number of halogens is 1. The Bertz CT molecular complexity index is 1300. The molecule has 0 aliphatic carbocycles. The van der Waals surface area contributed by atoms with Crippen molar-refractivity contribution >= 4 is 22.6 Å². The van der Waals surface area contributed by atoms with Gasteiger partial charge in [-0.1, -0.05) is 24.3 Å². The van der Waals surface area contributed by atoms with Crippen LogP contribution < -0.4 is 10.1 Å². The molecular weight excluding hydrogens is 407 g/mol. The Hall–Kier alpha value is -3.74. The van der Waals surface area contributed by atoms with Crippen LogP contribution in [-0.2, 0) is 11.2 Å². The summed E-state index contributed by atoms with van der Waals surface area (Å²) in [5.41, 5.74) is 5.62. The maximum Gasteiger partial charge on any atom is 0.224 e. The molecule has 0 saturated heterocycles. The number of benzene rings is 2. The molecule has 32 heavy (non-hydrogen) atoms. The number of nitrogens with zero attached hydrogens (tertiary/aromatic N) is 3. The van der Waals surface area contributed by atoms with E-state index in [0.717, 1.165) is 33.5 Å². The van der Waals surface area contributed by atoms with Gasteiger partial charge in [0, 0.05) is 23.1 Å². The quantitative estimate of drug-likeness (QED) is 0.462. The summed E-state index contributed by atoms with van der Waals surface area (Å²) in [5.74, 6) is -0.109. The van der Waals surface area contributed by atoms with Gasteiger partial charge in [0.05, 0.1) is 18.5 Å². The normalized spacial score (nSPS) is 11.0. The van der Waals surface area contributed by atoms with Crippen molar-refractivity contribution in [1.82, 2.24) is 14.8 Å². The van der Waals surface area contributed by atoms with Crippen molar-refractivity contribution in [2.24, 2.45) is 0 Å². The van der Waals surface area contributed by atoms with Crippen molar-refractivity contribution in [2.45, 2.75) is 33.6 Å². The minimum Gasteiger partial charge on any atom is -0.481 e. The molecule has 0 aliphatic rings. The van der Waals surface area contributed by atoms with Gasteiger partial charge in [-0.15, -0.1) is 0 Å². The number of para-hydroxylation sites is 1. The molecular formula is C25H25FN4O2. The fraction of sp³-hybridized carbons (Fsp3) is 0.240. The lowest BCUT2D eigenvalue weighted by molar-refractivity contribution is -0.116. The van der Waals surface area contributed by atoms with Gasteiger partial charge in [0.2, 0.25) is 11.8 Å². The van der Waals surface area contributed by atoms with Crippen LogP contribution in [0.5, 0.6) is 5.88 Å². The summed E-state index contributed by atoms with van der Waals surface area (Å²) in [7, 11) is 1.57. The summed E-state index contributed by atoms with van der Waals surface area (Å²) in [6.07, 6.45) is 0.653. The molecule has 0 saturated carbocycles. The molecule has 0 fully saturated rings. The van der Waals surface area contributed by atoms with E-state index in [-0.39, 0.29) is 18.1 Å². The molecule has 0 aliphatic heterocycles. The van der Waals surface area contributed by atoms with Gasteiger partial charge in [0.1, 0.15) is 5.82 Å². The maximum absolute atomic E-state index is 13.5. The molecule has 0 spiro atoms. The Labute approximate surface area is 186 Å². The lowest BCUT2D eigenvalue weighted by atomic mass is 10.0. The van der Waals surface area contributed by atoms with Crippen LogP contribution in [0.25, 0.3) is 16.7 Å². The minimum atomic E-state index is -0.385. The molecule has 7 heteroatoms. The average molecular weight is 432 g/mol. The van der Waals surface area contributed by atoms with E-state index >= 15 is 0 Å². The van der Waals surface area contributed by atoms with E-state index in [1.165, 1.54) is 12.1 Å². The minimum absolute atomic E-state index is 0.197. The lowest BCUT2D eigenvalue weighted by Gasteiger charge is -2.13. The van der Waals surface area contributed by atoms with Gasteiger partial charge in [-0.3, -0.25) is 4.79 Å². The Morgan fingerprint density at radius 3 is 2.59 bits per heavy atom. The van der Waals surface area contributed by atoms with Crippen LogP contribution in [0.1, 0.15) is 28.8 Å². The summed E-state index contributed by atoms with van der Waals surface area (Å²) in [6.45, 7) is 5.78. The van der Waals surface area contributed by atoms with Crippen LogP contribution in [0.15, 0.2) is 48.5 Å². The van der Waals surface area contributed by atoms with Gasteiger partial charge >= 0.3 is 0 Å². The van der Waals surface area contributed by atoms with E-state index in [0.29, 0.717) is 23.6 Å². The highest BCUT2D eigenvalue weighted by atomic mass is 19.1. The third-order valence-corrected chi connectivity index (χ3v) is 5.60. The van der Waals surface area contributed by atoms with Gasteiger partial charge in [-0.25, -0.2) is 9.07 Å². The number of pyridine rings is 1. The molecule has 0 radical (unpaired) electrons. The first-order valence-corrected chi connectivity index (χ1v) is 10.4. The molecule has 2 aromatic heterocycles. The summed E-state index contributed by atoms with van der Waals surface area (Å²) in [5, 5.41) is 8.44. The first kappa shape index (κ1) is 21.5. The number of nitrogens with one attached hydrogen (secondary N) is 1. The zero-order valence-corrected chi connectivity index (χ0v) is 18.6. The summed E-state index contributed by atoms with van der Waals surface area (Å²) >= 11 is 0. The number of anilines is 1. The summed E-state index contributed by atoms with van der Waals surface area (Å²) in [6, 6.07) is 14.2. The number of rotatable bonds is 6. The molecule has 0 unspecified atom stereocenters. The third-order valence-electron chi connectivity index (χ3n) is 5.60. The molecule has 1 N–H and O–H groups in total. The van der Waals surface area contributed by atoms with E-state index < -0.39 is 0 Å². The Morgan fingerprint density at radius 2 is 1.88 bits per heavy atom. The number of hydrogen-bond donors (Lipinski definition) is 1. The Kier molecular flexibility index (Phi) is 5.90. The SMILES string of the molecule is COc1nc2c(c(C)nn2-c2ccccc2)c(C)c1CCC(=O)Nc1cc(F)ccc1C. The van der Waals surface area contributed by atoms with E-state index in [9.17, 15) is 9.18 Å². The van der Waals surface area contributed by atoms with Crippen LogP contribution in [0.2, 0.25) is 0 Å². The summed E-state index contributed by atoms with van der Waals surface area (Å²) < 4.78 is 20.9. The van der Waals surface area contributed by atoms with Crippen LogP contribution >= 0.6 is 0 Å². The molecule has 2 heterocycles. The van der Waals surface area contributed by atoms with Crippen molar-refractivity contribution < 1.29 is 13.9 Å². The predicted octanol–water partition coefficient (Wildman–Crippen LogP) is 5.06. The zero-order valence-electron chi connectivity index (χ0n) is 18.6. The highest BCUT2D eigenvalue weighted by Crippen LogP contribution is 2.32. The smallest absolute Gasteiger partial charge is 0.224 e. The number of amides is 1. The van der Waals surface area contributed by atoms with Gasteiger partial charge in [-0.2, -0.15) is 10.1 Å². The van der Waals surface area contributed by atoms with E-state index in [4.69, 9.17) is 14.8 Å². The fourth-order valence-corrected chi connectivity index (χ4v) is 3.92. The highest BCUT2D eigenvalue weighted by molar-refractivity contribution is 5.92. The number of hydrogen-bond acceptors (Lipinski definition) is 4. The van der Waals surface area contributed by atoms with Crippen LogP contribution in [0.4, 0.5) is 10.1 Å². The van der Waals surface area contributed by atoms with E-state index in [1.54, 1.807) is 13.2 Å². The molecule has 1 amide bonds. The third kappa shape index (κ3) is 4.06. The molecule has 6 nitrogen and oxygen atoms in total. The molecule has 2 aromatic carbocycles. The second kappa shape index (κ2) is 8.78. The lowest BCUT2D eigenvalue weighted by Crippen LogP contribution is -2.14. The molecule has 164 valence electrons. The van der Waals surface area contributed by atoms with Gasteiger partial charge in [0.25, 0.3) is 0 Å². The topological polar surface area (TPSA) is 69.0 Å². The van der Waals surface area contributed by atoms with Gasteiger partial charge in [0.15, 0.2) is 5.65 Å². The second-order valence-electron chi connectivity index (χ2n) is 7.76.